The zero-order chi connectivity index (χ0) is 15.7. The van der Waals surface area contributed by atoms with Gasteiger partial charge in [-0.2, -0.15) is 0 Å². The number of aromatic hydroxyl groups is 1. The van der Waals surface area contributed by atoms with Gasteiger partial charge in [-0.05, 0) is 24.3 Å². The molecular formula is C16H15NO5. The van der Waals surface area contributed by atoms with Gasteiger partial charge in [0.25, 0.3) is 0 Å². The number of benzene rings is 2. The molecule has 1 aliphatic rings. The molecule has 0 aliphatic carbocycles. The van der Waals surface area contributed by atoms with Crippen molar-refractivity contribution in [3.8, 4) is 17.2 Å². The van der Waals surface area contributed by atoms with E-state index in [0.717, 1.165) is 0 Å². The van der Waals surface area contributed by atoms with Gasteiger partial charge in [-0.15, -0.1) is 0 Å². The highest BCUT2D eigenvalue weighted by Gasteiger charge is 2.36. The van der Waals surface area contributed by atoms with Crippen LogP contribution in [0.15, 0.2) is 36.4 Å². The molecule has 0 fully saturated rings. The highest BCUT2D eigenvalue weighted by atomic mass is 16.6. The van der Waals surface area contributed by atoms with Crippen LogP contribution in [0.1, 0.15) is 22.1 Å². The lowest BCUT2D eigenvalue weighted by Crippen LogP contribution is -2.10. The van der Waals surface area contributed by atoms with Crippen LogP contribution in [0.25, 0.3) is 0 Å². The Hall–Kier alpha value is -2.89. The quantitative estimate of drug-likeness (QED) is 0.668. The highest BCUT2D eigenvalue weighted by molar-refractivity contribution is 5.98. The van der Waals surface area contributed by atoms with Crippen molar-refractivity contribution in [3.05, 3.63) is 47.5 Å². The van der Waals surface area contributed by atoms with Crippen LogP contribution in [0.3, 0.4) is 0 Å². The van der Waals surface area contributed by atoms with Crippen LogP contribution >= 0.6 is 0 Å². The summed E-state index contributed by atoms with van der Waals surface area (Å²) < 4.78 is 15.8. The second kappa shape index (κ2) is 5.48. The maximum atomic E-state index is 12.1. The molecule has 2 aromatic rings. The van der Waals surface area contributed by atoms with Gasteiger partial charge in [0.05, 0.1) is 19.9 Å². The molecule has 1 unspecified atom stereocenters. The second-order valence-electron chi connectivity index (χ2n) is 4.71. The molecule has 3 rings (SSSR count). The second-order valence-corrected chi connectivity index (χ2v) is 4.71. The number of phenolic OH excluding ortho intramolecular Hbond substituents is 1. The van der Waals surface area contributed by atoms with E-state index in [-0.39, 0.29) is 5.75 Å². The van der Waals surface area contributed by atoms with Crippen molar-refractivity contribution >= 4 is 11.7 Å². The van der Waals surface area contributed by atoms with Crippen molar-refractivity contribution in [1.29, 1.82) is 0 Å². The van der Waals surface area contributed by atoms with Crippen molar-refractivity contribution in [2.24, 2.45) is 0 Å². The van der Waals surface area contributed by atoms with E-state index in [0.29, 0.717) is 28.3 Å². The Morgan fingerprint density at radius 1 is 1.14 bits per heavy atom. The lowest BCUT2D eigenvalue weighted by molar-refractivity contribution is 0.0434. The first-order valence-electron chi connectivity index (χ1n) is 6.66. The molecule has 2 N–H and O–H groups in total. The van der Waals surface area contributed by atoms with Gasteiger partial charge >= 0.3 is 5.97 Å². The number of para-hydroxylation sites is 2. The molecule has 0 spiro atoms. The average Bonchev–Trinajstić information content (AvgIpc) is 2.85. The summed E-state index contributed by atoms with van der Waals surface area (Å²) in [6, 6.07) is 10.2. The molecule has 6 heteroatoms. The van der Waals surface area contributed by atoms with Crippen LogP contribution in [-0.4, -0.2) is 25.3 Å². The standard InChI is InChI=1S/C16H15NO5/c1-20-12-8-7-9-13(14(12)21-2)16(19)22-15(9)17-10-5-3-4-6-11(10)18/h3-8,15,17-18H,1-2H3. The van der Waals surface area contributed by atoms with Gasteiger partial charge in [-0.1, -0.05) is 12.1 Å². The Morgan fingerprint density at radius 3 is 2.59 bits per heavy atom. The van der Waals surface area contributed by atoms with Gasteiger partial charge in [-0.25, -0.2) is 4.79 Å². The monoisotopic (exact) mass is 301 g/mol. The third-order valence-corrected chi connectivity index (χ3v) is 3.48. The minimum absolute atomic E-state index is 0.0764. The molecule has 1 heterocycles. The van der Waals surface area contributed by atoms with Crippen molar-refractivity contribution in [3.63, 3.8) is 0 Å². The molecule has 1 atom stereocenters. The van der Waals surface area contributed by atoms with Gasteiger partial charge in [-0.3, -0.25) is 0 Å². The number of methoxy groups -OCH3 is 2. The molecule has 6 nitrogen and oxygen atoms in total. The predicted octanol–water partition coefficient (Wildman–Crippen LogP) is 2.69. The topological polar surface area (TPSA) is 77.0 Å². The number of phenols is 1. The minimum atomic E-state index is -0.699. The Morgan fingerprint density at radius 2 is 1.91 bits per heavy atom. The number of carbonyl (C=O) groups excluding carboxylic acids is 1. The first-order chi connectivity index (χ1) is 10.7. The molecule has 1 aliphatic heterocycles. The highest BCUT2D eigenvalue weighted by Crippen LogP contribution is 2.42. The summed E-state index contributed by atoms with van der Waals surface area (Å²) in [7, 11) is 2.97. The lowest BCUT2D eigenvalue weighted by Gasteiger charge is -2.15. The molecule has 0 saturated carbocycles. The van der Waals surface area contributed by atoms with Gasteiger partial charge in [0, 0.05) is 5.56 Å². The summed E-state index contributed by atoms with van der Waals surface area (Å²) in [5, 5.41) is 12.8. The SMILES string of the molecule is COc1ccc2c(c1OC)C(=O)OC2Nc1ccccc1O. The molecule has 0 aromatic heterocycles. The summed E-state index contributed by atoms with van der Waals surface area (Å²) in [6.07, 6.45) is -0.699. The normalized spacial score (nSPS) is 15.9. The summed E-state index contributed by atoms with van der Waals surface area (Å²) in [5.41, 5.74) is 1.43. The van der Waals surface area contributed by atoms with E-state index in [1.807, 2.05) is 0 Å². The number of nitrogens with one attached hydrogen (secondary N) is 1. The van der Waals surface area contributed by atoms with Crippen molar-refractivity contribution < 1.29 is 24.1 Å². The van der Waals surface area contributed by atoms with E-state index >= 15 is 0 Å². The van der Waals surface area contributed by atoms with Crippen LogP contribution in [0.2, 0.25) is 0 Å². The predicted molar refractivity (Wildman–Crippen MR) is 79.4 cm³/mol. The number of fused-ring (bicyclic) bond motifs is 1. The number of hydrogen-bond acceptors (Lipinski definition) is 6. The third kappa shape index (κ3) is 2.18. The Labute approximate surface area is 127 Å². The molecule has 2 aromatic carbocycles. The van der Waals surface area contributed by atoms with Gasteiger partial charge < -0.3 is 24.6 Å². The molecule has 114 valence electrons. The number of hydrogen-bond donors (Lipinski definition) is 2. The fraction of sp³-hybridized carbons (Fsp3) is 0.188. The summed E-state index contributed by atoms with van der Waals surface area (Å²) in [6.45, 7) is 0. The van der Waals surface area contributed by atoms with E-state index in [9.17, 15) is 9.90 Å². The van der Waals surface area contributed by atoms with E-state index in [1.54, 1.807) is 36.4 Å². The fourth-order valence-corrected chi connectivity index (χ4v) is 2.44. The van der Waals surface area contributed by atoms with Crippen molar-refractivity contribution in [1.82, 2.24) is 0 Å². The van der Waals surface area contributed by atoms with E-state index < -0.39 is 12.2 Å². The zero-order valence-corrected chi connectivity index (χ0v) is 12.1. The van der Waals surface area contributed by atoms with Crippen molar-refractivity contribution in [2.75, 3.05) is 19.5 Å². The van der Waals surface area contributed by atoms with Crippen LogP contribution < -0.4 is 14.8 Å². The number of cyclic esters (lactones) is 1. The first kappa shape index (κ1) is 14.1. The van der Waals surface area contributed by atoms with Crippen LogP contribution in [0, 0.1) is 0 Å². The zero-order valence-electron chi connectivity index (χ0n) is 12.1. The molecular weight excluding hydrogens is 286 g/mol. The van der Waals surface area contributed by atoms with Gasteiger partial charge in [0.1, 0.15) is 11.3 Å². The lowest BCUT2D eigenvalue weighted by atomic mass is 10.1. The number of ether oxygens (including phenoxy) is 3. The summed E-state index contributed by atoms with van der Waals surface area (Å²) in [5.74, 6) is 0.374. The smallest absolute Gasteiger partial charge is 0.344 e. The fourth-order valence-electron chi connectivity index (χ4n) is 2.44. The molecule has 0 radical (unpaired) electrons. The maximum absolute atomic E-state index is 12.1. The largest absolute Gasteiger partial charge is 0.506 e. The van der Waals surface area contributed by atoms with Gasteiger partial charge in [0.15, 0.2) is 11.5 Å². The Bertz CT molecular complexity index is 728. The maximum Gasteiger partial charge on any atom is 0.344 e. The summed E-state index contributed by atoms with van der Waals surface area (Å²) >= 11 is 0. The van der Waals surface area contributed by atoms with Crippen LogP contribution in [0.5, 0.6) is 17.2 Å². The summed E-state index contributed by atoms with van der Waals surface area (Å²) in [4.78, 5) is 12.1. The first-order valence-corrected chi connectivity index (χ1v) is 6.66. The van der Waals surface area contributed by atoms with Crippen LogP contribution in [-0.2, 0) is 4.74 Å². The minimum Gasteiger partial charge on any atom is -0.506 e. The van der Waals surface area contributed by atoms with Crippen molar-refractivity contribution in [2.45, 2.75) is 6.23 Å². The number of carbonyl (C=O) groups is 1. The third-order valence-electron chi connectivity index (χ3n) is 3.48. The number of esters is 1. The number of anilines is 1. The number of rotatable bonds is 4. The molecule has 0 bridgehead atoms. The van der Waals surface area contributed by atoms with E-state index in [1.165, 1.54) is 14.2 Å². The van der Waals surface area contributed by atoms with E-state index in [2.05, 4.69) is 5.32 Å². The molecule has 0 saturated heterocycles. The molecule has 0 amide bonds. The van der Waals surface area contributed by atoms with E-state index in [4.69, 9.17) is 14.2 Å². The van der Waals surface area contributed by atoms with Gasteiger partial charge in [0.2, 0.25) is 6.23 Å². The Balaban J connectivity index is 2.00. The van der Waals surface area contributed by atoms with Crippen LogP contribution in [0.4, 0.5) is 5.69 Å². The average molecular weight is 301 g/mol. The Kier molecular flexibility index (Phi) is 3.50. The molecule has 22 heavy (non-hydrogen) atoms.